The average Bonchev–Trinajstić information content (AvgIpc) is 3.28. The summed E-state index contributed by atoms with van der Waals surface area (Å²) in [7, 11) is 0. The second-order valence-electron chi connectivity index (χ2n) is 5.84. The van der Waals surface area contributed by atoms with Crippen LogP contribution in [0.3, 0.4) is 0 Å². The van der Waals surface area contributed by atoms with Crippen LogP contribution in [0.1, 0.15) is 11.7 Å². The fourth-order valence-electron chi connectivity index (χ4n) is 2.73. The van der Waals surface area contributed by atoms with Crippen molar-refractivity contribution < 1.29 is 23.4 Å². The number of thiophene rings is 1. The van der Waals surface area contributed by atoms with Gasteiger partial charge >= 0.3 is 6.18 Å². The van der Waals surface area contributed by atoms with Crippen molar-refractivity contribution in [2.24, 2.45) is 0 Å². The Morgan fingerprint density at radius 3 is 2.52 bits per heavy atom. The van der Waals surface area contributed by atoms with Gasteiger partial charge in [-0.25, -0.2) is 4.98 Å². The van der Waals surface area contributed by atoms with Gasteiger partial charge in [-0.2, -0.15) is 22.8 Å². The Labute approximate surface area is 155 Å². The maximum absolute atomic E-state index is 12.7. The van der Waals surface area contributed by atoms with Gasteiger partial charge < -0.3 is 10.2 Å². The van der Waals surface area contributed by atoms with Gasteiger partial charge in [0.2, 0.25) is 5.88 Å². The second kappa shape index (κ2) is 6.36. The largest absolute Gasteiger partial charge is 0.493 e. The van der Waals surface area contributed by atoms with Crippen molar-refractivity contribution >= 4 is 17.0 Å². The van der Waals surface area contributed by atoms with E-state index in [0.717, 1.165) is 26.7 Å². The highest BCUT2D eigenvalue weighted by Crippen LogP contribution is 2.39. The molecule has 3 heterocycles. The lowest BCUT2D eigenvalue weighted by Crippen LogP contribution is -2.21. The zero-order valence-corrected chi connectivity index (χ0v) is 14.4. The lowest BCUT2D eigenvalue weighted by molar-refractivity contribution is -0.207. The molecule has 4 rings (SSSR count). The van der Waals surface area contributed by atoms with E-state index in [2.05, 4.69) is 10.1 Å². The fraction of sp³-hybridized carbons (Fsp3) is 0.111. The molecule has 1 unspecified atom stereocenters. The van der Waals surface area contributed by atoms with Crippen LogP contribution in [-0.4, -0.2) is 31.0 Å². The Kier molecular flexibility index (Phi) is 4.12. The summed E-state index contributed by atoms with van der Waals surface area (Å²) in [6, 6.07) is 11.6. The lowest BCUT2D eigenvalue weighted by Gasteiger charge is -2.15. The van der Waals surface area contributed by atoms with Crippen molar-refractivity contribution in [3.8, 4) is 27.4 Å². The minimum absolute atomic E-state index is 0.201. The quantitative estimate of drug-likeness (QED) is 0.542. The molecule has 138 valence electrons. The first-order valence-electron chi connectivity index (χ1n) is 7.81. The normalized spacial score (nSPS) is 13.2. The van der Waals surface area contributed by atoms with Gasteiger partial charge in [0.1, 0.15) is 0 Å². The number of fused-ring (bicyclic) bond motifs is 1. The lowest BCUT2D eigenvalue weighted by atomic mass is 10.1. The first-order chi connectivity index (χ1) is 12.9. The molecule has 2 N–H and O–H groups in total. The molecule has 1 aromatic carbocycles. The van der Waals surface area contributed by atoms with Crippen LogP contribution in [0.5, 0.6) is 5.88 Å². The van der Waals surface area contributed by atoms with Crippen LogP contribution in [0, 0.1) is 0 Å². The number of aromatic hydroxyl groups is 1. The molecule has 0 saturated heterocycles. The van der Waals surface area contributed by atoms with Gasteiger partial charge in [-0.15, -0.1) is 11.3 Å². The van der Waals surface area contributed by atoms with E-state index < -0.39 is 23.7 Å². The van der Waals surface area contributed by atoms with E-state index in [0.29, 0.717) is 5.56 Å². The molecule has 0 bridgehead atoms. The molecule has 0 saturated carbocycles. The van der Waals surface area contributed by atoms with Crippen LogP contribution < -0.4 is 0 Å². The number of nitrogens with zero attached hydrogens (tertiary/aromatic N) is 3. The standard InChI is InChI=1S/C18H12F3N3O2S/c19-18(20,21)15(25)13-7-22-16-12(8-23-24(16)17(13)26)14-6-11(9-27-14)10-4-2-1-3-5-10/h1-9,15,25-26H. The van der Waals surface area contributed by atoms with E-state index in [-0.39, 0.29) is 5.65 Å². The van der Waals surface area contributed by atoms with Crippen molar-refractivity contribution in [3.63, 3.8) is 0 Å². The number of aromatic nitrogens is 3. The van der Waals surface area contributed by atoms with Gasteiger partial charge in [0.05, 0.1) is 17.3 Å². The molecule has 0 aliphatic rings. The highest BCUT2D eigenvalue weighted by Gasteiger charge is 2.41. The average molecular weight is 391 g/mol. The van der Waals surface area contributed by atoms with Crippen molar-refractivity contribution in [2.45, 2.75) is 12.3 Å². The molecule has 9 heteroatoms. The number of aliphatic hydroxyl groups is 1. The van der Waals surface area contributed by atoms with E-state index in [9.17, 15) is 23.4 Å². The summed E-state index contributed by atoms with van der Waals surface area (Å²) in [6.45, 7) is 0. The number of alkyl halides is 3. The zero-order chi connectivity index (χ0) is 19.2. The monoisotopic (exact) mass is 391 g/mol. The van der Waals surface area contributed by atoms with Gasteiger partial charge in [0, 0.05) is 11.1 Å². The highest BCUT2D eigenvalue weighted by atomic mass is 32.1. The van der Waals surface area contributed by atoms with E-state index in [1.54, 1.807) is 0 Å². The maximum Gasteiger partial charge on any atom is 0.418 e. The molecule has 27 heavy (non-hydrogen) atoms. The van der Waals surface area contributed by atoms with E-state index in [1.165, 1.54) is 17.5 Å². The summed E-state index contributed by atoms with van der Waals surface area (Å²) < 4.78 is 39.1. The highest BCUT2D eigenvalue weighted by molar-refractivity contribution is 7.14. The van der Waals surface area contributed by atoms with Crippen LogP contribution in [0.2, 0.25) is 0 Å². The molecule has 4 aromatic rings. The number of benzene rings is 1. The van der Waals surface area contributed by atoms with E-state index in [4.69, 9.17) is 0 Å². The van der Waals surface area contributed by atoms with Gasteiger partial charge in [0.15, 0.2) is 11.8 Å². The zero-order valence-electron chi connectivity index (χ0n) is 13.6. The summed E-state index contributed by atoms with van der Waals surface area (Å²) in [6.07, 6.45) is -5.51. The third-order valence-corrected chi connectivity index (χ3v) is 5.07. The number of aliphatic hydroxyl groups excluding tert-OH is 1. The topological polar surface area (TPSA) is 70.7 Å². The SMILES string of the molecule is Oc1c(C(O)C(F)(F)F)cnc2c(-c3cc(-c4ccccc4)cs3)cnn12. The minimum Gasteiger partial charge on any atom is -0.493 e. The molecule has 0 spiro atoms. The predicted octanol–water partition coefficient (Wildman–Crippen LogP) is 4.43. The van der Waals surface area contributed by atoms with Crippen molar-refractivity contribution in [2.75, 3.05) is 0 Å². The Balaban J connectivity index is 1.77. The van der Waals surface area contributed by atoms with Crippen LogP contribution in [-0.2, 0) is 0 Å². The fourth-order valence-corrected chi connectivity index (χ4v) is 3.66. The van der Waals surface area contributed by atoms with Crippen molar-refractivity contribution in [1.29, 1.82) is 0 Å². The van der Waals surface area contributed by atoms with Gasteiger partial charge in [-0.05, 0) is 22.6 Å². The molecular formula is C18H12F3N3O2S. The Hall–Kier alpha value is -2.91. The van der Waals surface area contributed by atoms with Crippen LogP contribution in [0.25, 0.3) is 27.2 Å². The molecular weight excluding hydrogens is 379 g/mol. The smallest absolute Gasteiger partial charge is 0.418 e. The molecule has 0 fully saturated rings. The predicted molar refractivity (Wildman–Crippen MR) is 94.4 cm³/mol. The minimum atomic E-state index is -4.92. The molecule has 5 nitrogen and oxygen atoms in total. The molecule has 0 radical (unpaired) electrons. The maximum atomic E-state index is 12.7. The summed E-state index contributed by atoms with van der Waals surface area (Å²) in [5.41, 5.74) is 2.05. The third-order valence-electron chi connectivity index (χ3n) is 4.11. The second-order valence-corrected chi connectivity index (χ2v) is 6.75. The number of rotatable bonds is 3. The number of halogens is 3. The van der Waals surface area contributed by atoms with E-state index >= 15 is 0 Å². The van der Waals surface area contributed by atoms with Crippen molar-refractivity contribution in [1.82, 2.24) is 14.6 Å². The summed E-state index contributed by atoms with van der Waals surface area (Å²) in [5, 5.41) is 25.4. The summed E-state index contributed by atoms with van der Waals surface area (Å²) >= 11 is 1.43. The first-order valence-corrected chi connectivity index (χ1v) is 8.69. The van der Waals surface area contributed by atoms with Crippen LogP contribution in [0.15, 0.2) is 54.2 Å². The van der Waals surface area contributed by atoms with Gasteiger partial charge in [-0.3, -0.25) is 0 Å². The molecule has 3 aromatic heterocycles. The Morgan fingerprint density at radius 1 is 1.07 bits per heavy atom. The third kappa shape index (κ3) is 3.04. The number of hydrogen-bond acceptors (Lipinski definition) is 5. The number of hydrogen-bond donors (Lipinski definition) is 2. The van der Waals surface area contributed by atoms with Crippen molar-refractivity contribution in [3.05, 3.63) is 59.7 Å². The molecule has 1 atom stereocenters. The van der Waals surface area contributed by atoms with Gasteiger partial charge in [0.25, 0.3) is 0 Å². The molecule has 0 aliphatic heterocycles. The van der Waals surface area contributed by atoms with Gasteiger partial charge in [-0.1, -0.05) is 30.3 Å². The van der Waals surface area contributed by atoms with Crippen LogP contribution >= 0.6 is 11.3 Å². The summed E-state index contributed by atoms with van der Waals surface area (Å²) in [4.78, 5) is 4.79. The summed E-state index contributed by atoms with van der Waals surface area (Å²) in [5.74, 6) is -0.795. The molecule has 0 aliphatic carbocycles. The Bertz CT molecular complexity index is 1110. The van der Waals surface area contributed by atoms with E-state index in [1.807, 2.05) is 41.8 Å². The molecule has 0 amide bonds. The Morgan fingerprint density at radius 2 is 1.81 bits per heavy atom. The first kappa shape index (κ1) is 17.5. The van der Waals surface area contributed by atoms with Crippen LogP contribution in [0.4, 0.5) is 13.2 Å².